The van der Waals surface area contributed by atoms with Crippen LogP contribution >= 0.6 is 0 Å². The first kappa shape index (κ1) is 31.9. The van der Waals surface area contributed by atoms with Crippen LogP contribution in [0.15, 0.2) is 176 Å². The van der Waals surface area contributed by atoms with Crippen LogP contribution in [0.25, 0.3) is 33.8 Å². The number of ether oxygens (including phenoxy) is 1. The van der Waals surface area contributed by atoms with Crippen LogP contribution in [0.4, 0.5) is 0 Å². The van der Waals surface area contributed by atoms with Gasteiger partial charge in [0.05, 0.1) is 17.1 Å². The van der Waals surface area contributed by atoms with Crippen molar-refractivity contribution < 1.29 is 4.74 Å². The molecule has 2 aromatic heterocycles. The second-order valence-electron chi connectivity index (χ2n) is 12.2. The number of rotatable bonds is 6. The van der Waals surface area contributed by atoms with Gasteiger partial charge in [-0.25, -0.2) is 9.36 Å². The Bertz CT molecular complexity index is 2500. The van der Waals surface area contributed by atoms with Gasteiger partial charge in [-0.2, -0.15) is 10.2 Å². The van der Waals surface area contributed by atoms with Gasteiger partial charge in [0.15, 0.2) is 0 Å². The minimum Gasteiger partial charge on any atom is -0.457 e. The Morgan fingerprint density at radius 3 is 1.48 bits per heavy atom. The van der Waals surface area contributed by atoms with Crippen molar-refractivity contribution in [2.45, 2.75) is 6.92 Å². The van der Waals surface area contributed by atoms with Crippen LogP contribution in [0.1, 0.15) is 27.9 Å². The van der Waals surface area contributed by atoms with E-state index in [2.05, 4.69) is 59.2 Å². The van der Waals surface area contributed by atoms with Gasteiger partial charge in [0, 0.05) is 45.8 Å². The molecular weight excluding hydrogens is 637 g/mol. The van der Waals surface area contributed by atoms with E-state index in [9.17, 15) is 0 Å². The highest BCUT2D eigenvalue weighted by atomic mass is 16.5. The van der Waals surface area contributed by atoms with E-state index in [1.165, 1.54) is 0 Å². The molecule has 2 heterocycles. The Balaban J connectivity index is 1.14. The molecule has 8 aromatic rings. The van der Waals surface area contributed by atoms with Crippen molar-refractivity contribution in [3.63, 3.8) is 0 Å². The lowest BCUT2D eigenvalue weighted by molar-refractivity contribution is 0.482. The molecule has 0 atom stereocenters. The highest BCUT2D eigenvalue weighted by molar-refractivity contribution is 5.82. The van der Waals surface area contributed by atoms with Crippen molar-refractivity contribution >= 4 is 0 Å². The topological polar surface area (TPSA) is 44.9 Å². The molecule has 246 valence electrons. The fraction of sp³-hybridized carbons (Fsp3) is 0.0213. The smallest absolute Gasteiger partial charge is 0.127 e. The summed E-state index contributed by atoms with van der Waals surface area (Å²) >= 11 is 0. The van der Waals surface area contributed by atoms with Gasteiger partial charge in [-0.15, -0.1) is 0 Å². The van der Waals surface area contributed by atoms with E-state index in [0.717, 1.165) is 73.2 Å². The molecule has 0 saturated carbocycles. The Labute approximate surface area is 303 Å². The number of nitrogens with zero attached hydrogens (tertiary/aromatic N) is 4. The summed E-state index contributed by atoms with van der Waals surface area (Å²) in [7, 11) is 0. The quantitative estimate of drug-likeness (QED) is 0.166. The molecule has 0 aliphatic rings. The molecule has 0 fully saturated rings. The van der Waals surface area contributed by atoms with Crippen molar-refractivity contribution in [3.8, 4) is 68.9 Å². The summed E-state index contributed by atoms with van der Waals surface area (Å²) in [6.45, 7) is 1.98. The van der Waals surface area contributed by atoms with Crippen LogP contribution in [0.3, 0.4) is 0 Å². The molecule has 0 amide bonds. The summed E-state index contributed by atoms with van der Waals surface area (Å²) in [5.74, 6) is 14.8. The van der Waals surface area contributed by atoms with Gasteiger partial charge in [0.1, 0.15) is 17.2 Å². The molecule has 0 unspecified atom stereocenters. The van der Waals surface area contributed by atoms with Crippen molar-refractivity contribution in [1.29, 1.82) is 0 Å². The number of benzene rings is 6. The van der Waals surface area contributed by atoms with Gasteiger partial charge in [-0.1, -0.05) is 90.4 Å². The normalized spacial score (nSPS) is 10.5. The molecule has 0 N–H and O–H groups in total. The molecule has 0 aliphatic heterocycles. The van der Waals surface area contributed by atoms with Gasteiger partial charge < -0.3 is 4.74 Å². The minimum absolute atomic E-state index is 0.730. The number of hydrogen-bond acceptors (Lipinski definition) is 3. The Morgan fingerprint density at radius 1 is 0.462 bits per heavy atom. The Kier molecular flexibility index (Phi) is 8.98. The van der Waals surface area contributed by atoms with E-state index in [1.807, 2.05) is 162 Å². The largest absolute Gasteiger partial charge is 0.457 e. The summed E-state index contributed by atoms with van der Waals surface area (Å²) in [4.78, 5) is 0. The molecule has 0 radical (unpaired) electrons. The molecule has 8 rings (SSSR count). The second kappa shape index (κ2) is 14.6. The van der Waals surface area contributed by atoms with Crippen molar-refractivity contribution in [2.24, 2.45) is 0 Å². The standard InChI is InChI=1S/C47H32N4O/c1-35-29-30-50(48-35)42-21-25-44(26-22-42)52-45-27-23-43(24-28-45)51-34-46(40-15-9-4-10-16-40)47(49-51)41-32-38(19-17-36-11-5-2-6-12-36)31-39(33-41)20-18-37-13-7-3-8-14-37/h2-16,21-34H,1H3. The minimum atomic E-state index is 0.730. The van der Waals surface area contributed by atoms with E-state index in [1.54, 1.807) is 0 Å². The maximum Gasteiger partial charge on any atom is 0.127 e. The highest BCUT2D eigenvalue weighted by Crippen LogP contribution is 2.34. The number of hydrogen-bond donors (Lipinski definition) is 0. The third-order valence-electron chi connectivity index (χ3n) is 8.42. The summed E-state index contributed by atoms with van der Waals surface area (Å²) in [6, 6.07) is 54.4. The van der Waals surface area contributed by atoms with Gasteiger partial charge >= 0.3 is 0 Å². The molecule has 6 aromatic carbocycles. The average Bonchev–Trinajstić information content (AvgIpc) is 3.85. The van der Waals surface area contributed by atoms with Gasteiger partial charge in [0.2, 0.25) is 0 Å². The third kappa shape index (κ3) is 7.45. The van der Waals surface area contributed by atoms with Crippen LogP contribution in [-0.2, 0) is 0 Å². The molecule has 0 bridgehead atoms. The van der Waals surface area contributed by atoms with Crippen LogP contribution in [-0.4, -0.2) is 19.6 Å². The zero-order valence-corrected chi connectivity index (χ0v) is 28.4. The van der Waals surface area contributed by atoms with Gasteiger partial charge in [-0.3, -0.25) is 0 Å². The second-order valence-corrected chi connectivity index (χ2v) is 12.2. The first-order chi connectivity index (χ1) is 25.6. The van der Waals surface area contributed by atoms with Gasteiger partial charge in [0.25, 0.3) is 0 Å². The SMILES string of the molecule is Cc1ccn(-c2ccc(Oc3ccc(-n4cc(-c5ccccc5)c(-c5cc(C#Cc6ccccc6)cc(C#Cc6ccccc6)c5)n4)cc3)cc2)n1. The van der Waals surface area contributed by atoms with Crippen LogP contribution in [0.2, 0.25) is 0 Å². The monoisotopic (exact) mass is 668 g/mol. The average molecular weight is 669 g/mol. The summed E-state index contributed by atoms with van der Waals surface area (Å²) < 4.78 is 9.95. The van der Waals surface area contributed by atoms with E-state index in [0.29, 0.717) is 0 Å². The fourth-order valence-corrected chi connectivity index (χ4v) is 5.82. The zero-order chi connectivity index (χ0) is 35.1. The molecule has 0 aliphatic carbocycles. The van der Waals surface area contributed by atoms with Crippen LogP contribution in [0, 0.1) is 30.6 Å². The van der Waals surface area contributed by atoms with E-state index in [-0.39, 0.29) is 0 Å². The predicted octanol–water partition coefficient (Wildman–Crippen LogP) is 10.3. The predicted molar refractivity (Wildman–Crippen MR) is 208 cm³/mol. The summed E-state index contributed by atoms with van der Waals surface area (Å²) in [5, 5.41) is 9.65. The lowest BCUT2D eigenvalue weighted by atomic mass is 9.98. The van der Waals surface area contributed by atoms with E-state index in [4.69, 9.17) is 9.84 Å². The fourth-order valence-electron chi connectivity index (χ4n) is 5.82. The van der Waals surface area contributed by atoms with Crippen LogP contribution in [0.5, 0.6) is 11.5 Å². The molecule has 5 heteroatoms. The third-order valence-corrected chi connectivity index (χ3v) is 8.42. The Hall–Kier alpha value is -7.34. The first-order valence-electron chi connectivity index (χ1n) is 17.0. The summed E-state index contributed by atoms with van der Waals surface area (Å²) in [5.41, 5.74) is 10.3. The maximum absolute atomic E-state index is 6.18. The van der Waals surface area contributed by atoms with Crippen molar-refractivity contribution in [2.75, 3.05) is 0 Å². The van der Waals surface area contributed by atoms with Crippen LogP contribution < -0.4 is 4.74 Å². The maximum atomic E-state index is 6.18. The van der Waals surface area contributed by atoms with E-state index < -0.39 is 0 Å². The molecule has 0 saturated heterocycles. The summed E-state index contributed by atoms with van der Waals surface area (Å²) in [6.07, 6.45) is 4.03. The number of aromatic nitrogens is 4. The zero-order valence-electron chi connectivity index (χ0n) is 28.4. The lowest BCUT2D eigenvalue weighted by Gasteiger charge is -2.08. The Morgan fingerprint density at radius 2 is 0.962 bits per heavy atom. The molecule has 52 heavy (non-hydrogen) atoms. The van der Waals surface area contributed by atoms with Crippen molar-refractivity contribution in [1.82, 2.24) is 19.6 Å². The number of aryl methyl sites for hydroxylation is 1. The molecular formula is C47H32N4O. The first-order valence-corrected chi connectivity index (χ1v) is 17.0. The lowest BCUT2D eigenvalue weighted by Crippen LogP contribution is -1.96. The van der Waals surface area contributed by atoms with Gasteiger partial charge in [-0.05, 0) is 110 Å². The molecule has 0 spiro atoms. The van der Waals surface area contributed by atoms with E-state index >= 15 is 0 Å². The van der Waals surface area contributed by atoms with Crippen molar-refractivity contribution in [3.05, 3.63) is 204 Å². The highest BCUT2D eigenvalue weighted by Gasteiger charge is 2.16. The molecule has 5 nitrogen and oxygen atoms in total.